The molecule has 3 heteroatoms. The number of hydrogen-bond acceptors (Lipinski definition) is 1. The Morgan fingerprint density at radius 1 is 1.71 bits per heavy atom. The molecule has 3 nitrogen and oxygen atoms in total. The normalized spacial score (nSPS) is 9.29. The number of hydrogen-bond donors (Lipinski definition) is 2. The quantitative estimate of drug-likeness (QED) is 0.466. The molecule has 0 amide bonds. The highest BCUT2D eigenvalue weighted by atomic mass is 16.5. The Hall–Kier alpha value is -0.800. The zero-order chi connectivity index (χ0) is 5.11. The number of aromatic nitrogens is 1. The van der Waals surface area contributed by atoms with Gasteiger partial charge in [0.25, 0.3) is 0 Å². The van der Waals surface area contributed by atoms with Crippen LogP contribution in [0.2, 0.25) is 0 Å². The molecule has 1 rings (SSSR count). The molecule has 0 aliphatic carbocycles. The Bertz CT molecular complexity index is 124. The number of H-pyrrole nitrogens is 1. The summed E-state index contributed by atoms with van der Waals surface area (Å²) in [6.45, 7) is 0. The largest absolute Gasteiger partial charge is 0.630 e. The van der Waals surface area contributed by atoms with Crippen LogP contribution in [0.5, 0.6) is 0 Å². The average Bonchev–Trinajstić information content (AvgIpc) is 2.14. The van der Waals surface area contributed by atoms with Gasteiger partial charge in [0.15, 0.2) is 0 Å². The van der Waals surface area contributed by atoms with Crippen LogP contribution in [0.4, 0.5) is 5.69 Å². The Morgan fingerprint density at radius 3 is 2.86 bits per heavy atom. The molecule has 38 valence electrons. The molecule has 1 aromatic heterocycles. The minimum atomic E-state index is 0.694. The van der Waals surface area contributed by atoms with Crippen molar-refractivity contribution in [3.05, 3.63) is 23.7 Å². The van der Waals surface area contributed by atoms with Crippen LogP contribution in [0.3, 0.4) is 0 Å². The van der Waals surface area contributed by atoms with Crippen LogP contribution in [0.25, 0.3) is 0 Å². The lowest BCUT2D eigenvalue weighted by Crippen LogP contribution is -2.69. The molecule has 1 aromatic rings. The van der Waals surface area contributed by atoms with Crippen LogP contribution < -0.4 is 5.48 Å². The molecule has 7 heavy (non-hydrogen) atoms. The van der Waals surface area contributed by atoms with Crippen LogP contribution in [-0.2, 0) is 0 Å². The minimum Gasteiger partial charge on any atom is -0.630 e. The van der Waals surface area contributed by atoms with Crippen molar-refractivity contribution in [3.63, 3.8) is 0 Å². The van der Waals surface area contributed by atoms with Crippen LogP contribution in [0, 0.1) is 5.21 Å². The van der Waals surface area contributed by atoms with E-state index in [0.717, 1.165) is 5.48 Å². The lowest BCUT2D eigenvalue weighted by molar-refractivity contribution is -0.497. The Balaban J connectivity index is 2.76. The first kappa shape index (κ1) is 4.36. The second kappa shape index (κ2) is 1.77. The molecule has 0 atom stereocenters. The zero-order valence-electron chi connectivity index (χ0n) is 3.72. The van der Waals surface area contributed by atoms with Crippen LogP contribution in [-0.4, -0.2) is 4.98 Å². The highest BCUT2D eigenvalue weighted by molar-refractivity contribution is 5.22. The molecule has 0 fully saturated rings. The number of nitrogens with one attached hydrogen (secondary N) is 1. The maximum atomic E-state index is 9.85. The van der Waals surface area contributed by atoms with Gasteiger partial charge in [-0.05, 0) is 0 Å². The van der Waals surface area contributed by atoms with Gasteiger partial charge >= 0.3 is 0 Å². The number of quaternary nitrogens is 1. The van der Waals surface area contributed by atoms with Crippen LogP contribution >= 0.6 is 0 Å². The first-order valence-corrected chi connectivity index (χ1v) is 2.01. The molecule has 0 aliphatic rings. The van der Waals surface area contributed by atoms with Gasteiger partial charge in [0, 0.05) is 12.3 Å². The zero-order valence-corrected chi connectivity index (χ0v) is 3.72. The van der Waals surface area contributed by atoms with Gasteiger partial charge in [0.1, 0.15) is 5.69 Å². The SMILES string of the molecule is [O-][NH2+]c1cc[nH]c1. The number of nitrogens with two attached hydrogens (primary N) is 1. The Kier molecular flexibility index (Phi) is 1.10. The second-order valence-electron chi connectivity index (χ2n) is 1.26. The van der Waals surface area contributed by atoms with Gasteiger partial charge in [-0.2, -0.15) is 0 Å². The van der Waals surface area contributed by atoms with Crippen molar-refractivity contribution in [1.82, 2.24) is 4.98 Å². The number of aromatic amines is 1. The maximum Gasteiger partial charge on any atom is 0.147 e. The van der Waals surface area contributed by atoms with E-state index in [4.69, 9.17) is 0 Å². The van der Waals surface area contributed by atoms with E-state index in [-0.39, 0.29) is 0 Å². The third kappa shape index (κ3) is 0.792. The molecule has 0 aliphatic heterocycles. The predicted molar refractivity (Wildman–Crippen MR) is 25.7 cm³/mol. The molecule has 0 bridgehead atoms. The monoisotopic (exact) mass is 98.0 g/mol. The van der Waals surface area contributed by atoms with E-state index < -0.39 is 0 Å². The van der Waals surface area contributed by atoms with Gasteiger partial charge in [-0.3, -0.25) is 0 Å². The average molecular weight is 98.1 g/mol. The van der Waals surface area contributed by atoms with Crippen molar-refractivity contribution in [3.8, 4) is 0 Å². The van der Waals surface area contributed by atoms with Crippen molar-refractivity contribution >= 4 is 5.69 Å². The molecule has 0 unspecified atom stereocenters. The van der Waals surface area contributed by atoms with E-state index in [2.05, 4.69) is 4.98 Å². The van der Waals surface area contributed by atoms with Crippen molar-refractivity contribution in [1.29, 1.82) is 0 Å². The smallest absolute Gasteiger partial charge is 0.147 e. The fourth-order valence-electron chi connectivity index (χ4n) is 0.410. The van der Waals surface area contributed by atoms with Crippen LogP contribution in [0.15, 0.2) is 18.5 Å². The fraction of sp³-hybridized carbons (Fsp3) is 0. The van der Waals surface area contributed by atoms with Gasteiger partial charge in [-0.1, -0.05) is 0 Å². The fourth-order valence-corrected chi connectivity index (χ4v) is 0.410. The van der Waals surface area contributed by atoms with Gasteiger partial charge in [-0.25, -0.2) is 0 Å². The second-order valence-corrected chi connectivity index (χ2v) is 1.26. The molecule has 1 heterocycles. The molecule has 0 saturated heterocycles. The highest BCUT2D eigenvalue weighted by Gasteiger charge is 1.82. The van der Waals surface area contributed by atoms with E-state index >= 15 is 0 Å². The lowest BCUT2D eigenvalue weighted by atomic mass is 10.6. The number of rotatable bonds is 1. The summed E-state index contributed by atoms with van der Waals surface area (Å²) in [4.78, 5) is 2.75. The van der Waals surface area contributed by atoms with Crippen LogP contribution in [0.1, 0.15) is 0 Å². The van der Waals surface area contributed by atoms with Gasteiger partial charge in [0.05, 0.1) is 6.20 Å². The van der Waals surface area contributed by atoms with Gasteiger partial charge in [-0.15, -0.1) is 0 Å². The van der Waals surface area contributed by atoms with Gasteiger partial charge in [0.2, 0.25) is 0 Å². The van der Waals surface area contributed by atoms with Crippen molar-refractivity contribution in [2.24, 2.45) is 0 Å². The summed E-state index contributed by atoms with van der Waals surface area (Å²) in [6, 6.07) is 1.72. The molecule has 3 N–H and O–H groups in total. The topological polar surface area (TPSA) is 55.5 Å². The summed E-state index contributed by atoms with van der Waals surface area (Å²) in [5.74, 6) is 0. The van der Waals surface area contributed by atoms with Crippen molar-refractivity contribution in [2.45, 2.75) is 0 Å². The molecule has 0 radical (unpaired) electrons. The Morgan fingerprint density at radius 2 is 2.57 bits per heavy atom. The first-order chi connectivity index (χ1) is 3.43. The van der Waals surface area contributed by atoms with Gasteiger partial charge < -0.3 is 15.7 Å². The van der Waals surface area contributed by atoms with E-state index in [9.17, 15) is 5.21 Å². The third-order valence-electron chi connectivity index (χ3n) is 0.758. The van der Waals surface area contributed by atoms with Crippen molar-refractivity contribution in [2.75, 3.05) is 0 Å². The molecule has 0 saturated carbocycles. The van der Waals surface area contributed by atoms with E-state index in [1.807, 2.05) is 0 Å². The third-order valence-corrected chi connectivity index (χ3v) is 0.758. The summed E-state index contributed by atoms with van der Waals surface area (Å²) in [6.07, 6.45) is 3.36. The molecular formula is C4H6N2O. The molecule has 0 spiro atoms. The summed E-state index contributed by atoms with van der Waals surface area (Å²) < 4.78 is 0. The van der Waals surface area contributed by atoms with E-state index in [1.165, 1.54) is 0 Å². The summed E-state index contributed by atoms with van der Waals surface area (Å²) in [5, 5.41) is 9.85. The summed E-state index contributed by atoms with van der Waals surface area (Å²) in [7, 11) is 0. The summed E-state index contributed by atoms with van der Waals surface area (Å²) >= 11 is 0. The Labute approximate surface area is 40.9 Å². The van der Waals surface area contributed by atoms with Crippen molar-refractivity contribution < 1.29 is 5.48 Å². The highest BCUT2D eigenvalue weighted by Crippen LogP contribution is 1.91. The lowest BCUT2D eigenvalue weighted by Gasteiger charge is -1.91. The maximum absolute atomic E-state index is 9.85. The minimum absolute atomic E-state index is 0.694. The first-order valence-electron chi connectivity index (χ1n) is 2.01. The molecule has 0 aromatic carbocycles. The summed E-state index contributed by atoms with van der Waals surface area (Å²) in [5.41, 5.74) is 1.50. The standard InChI is InChI=1S/C4H6N2O/c7-6-4-1-2-5-3-4/h1-3,5H,6H2. The van der Waals surface area contributed by atoms with E-state index in [1.54, 1.807) is 18.5 Å². The van der Waals surface area contributed by atoms with E-state index in [0.29, 0.717) is 5.69 Å². The predicted octanol–water partition coefficient (Wildman–Crippen LogP) is -0.293. The molecular weight excluding hydrogens is 92.1 g/mol.